The van der Waals surface area contributed by atoms with Crippen molar-refractivity contribution in [2.75, 3.05) is 0 Å². The monoisotopic (exact) mass is 367 g/mol. The molecule has 132 valence electrons. The van der Waals surface area contributed by atoms with E-state index in [0.29, 0.717) is 23.4 Å². The molecule has 0 bridgehead atoms. The van der Waals surface area contributed by atoms with E-state index >= 15 is 0 Å². The number of thiazole rings is 1. The van der Waals surface area contributed by atoms with Gasteiger partial charge in [0.15, 0.2) is 10.4 Å². The number of para-hydroxylation sites is 3. The fraction of sp³-hybridized carbons (Fsp3) is 0.211. The highest BCUT2D eigenvalue weighted by Crippen LogP contribution is 2.15. The van der Waals surface area contributed by atoms with Crippen LogP contribution in [0.5, 0.6) is 0 Å². The zero-order chi connectivity index (χ0) is 18.1. The number of hydrogen-bond acceptors (Lipinski definition) is 4. The summed E-state index contributed by atoms with van der Waals surface area (Å²) in [5.74, 6) is -0.584. The molecule has 0 fully saturated rings. The van der Waals surface area contributed by atoms with Crippen LogP contribution in [0.25, 0.3) is 21.3 Å². The van der Waals surface area contributed by atoms with Crippen LogP contribution in [0.1, 0.15) is 12.8 Å². The molecule has 0 aliphatic rings. The molecule has 0 saturated carbocycles. The quantitative estimate of drug-likeness (QED) is 0.557. The number of aromatic nitrogens is 2. The van der Waals surface area contributed by atoms with Crippen LogP contribution < -0.4 is 10.6 Å². The largest absolute Gasteiger partial charge is 0.419 e. The van der Waals surface area contributed by atoms with Crippen LogP contribution >= 0.6 is 11.3 Å². The molecule has 2 aromatic heterocycles. The molecule has 6 nitrogen and oxygen atoms in total. The Labute approximate surface area is 152 Å². The molecule has 0 radical (unpaired) electrons. The zero-order valence-electron chi connectivity index (χ0n) is 14.2. The van der Waals surface area contributed by atoms with Crippen LogP contribution in [0.2, 0.25) is 0 Å². The highest BCUT2D eigenvalue weighted by molar-refractivity contribution is 7.16. The minimum atomic E-state index is -0.397. The minimum Gasteiger partial charge on any atom is -0.408 e. The Hall–Kier alpha value is -2.93. The highest BCUT2D eigenvalue weighted by Gasteiger charge is 2.09. The lowest BCUT2D eigenvalue weighted by molar-refractivity contribution is -0.118. The molecule has 0 aliphatic heterocycles. The van der Waals surface area contributed by atoms with Crippen LogP contribution in [0.15, 0.2) is 62.7 Å². The third-order valence-electron chi connectivity index (χ3n) is 4.28. The average molecular weight is 367 g/mol. The molecular formula is C19H17N3O3S. The lowest BCUT2D eigenvalue weighted by Crippen LogP contribution is -2.16. The van der Waals surface area contributed by atoms with Crippen LogP contribution in [0.4, 0.5) is 0 Å². The number of fused-ring (bicyclic) bond motifs is 2. The normalized spacial score (nSPS) is 12.3. The molecule has 0 N–H and O–H groups in total. The molecule has 0 spiro atoms. The number of rotatable bonds is 4. The van der Waals surface area contributed by atoms with Crippen molar-refractivity contribution in [1.82, 2.24) is 9.13 Å². The minimum absolute atomic E-state index is 0.187. The summed E-state index contributed by atoms with van der Waals surface area (Å²) in [4.78, 5) is 29.1. The van der Waals surface area contributed by atoms with Gasteiger partial charge in [0.25, 0.3) is 0 Å². The summed E-state index contributed by atoms with van der Waals surface area (Å²) in [5, 5.41) is 0. The molecule has 1 amide bonds. The van der Waals surface area contributed by atoms with Crippen molar-refractivity contribution in [3.05, 3.63) is 63.9 Å². The fourth-order valence-electron chi connectivity index (χ4n) is 2.96. The van der Waals surface area contributed by atoms with Gasteiger partial charge in [0.05, 0.1) is 15.7 Å². The van der Waals surface area contributed by atoms with Gasteiger partial charge in [0.2, 0.25) is 5.91 Å². The third-order valence-corrected chi connectivity index (χ3v) is 5.39. The van der Waals surface area contributed by atoms with Crippen molar-refractivity contribution in [2.24, 2.45) is 12.0 Å². The van der Waals surface area contributed by atoms with E-state index in [1.165, 1.54) is 11.3 Å². The third kappa shape index (κ3) is 3.01. The second-order valence-electron chi connectivity index (χ2n) is 6.01. The van der Waals surface area contributed by atoms with Gasteiger partial charge < -0.3 is 8.98 Å². The molecule has 4 aromatic rings. The van der Waals surface area contributed by atoms with E-state index < -0.39 is 5.76 Å². The smallest absolute Gasteiger partial charge is 0.408 e. The van der Waals surface area contributed by atoms with Gasteiger partial charge in [-0.15, -0.1) is 0 Å². The van der Waals surface area contributed by atoms with Gasteiger partial charge in [-0.05, 0) is 30.7 Å². The Morgan fingerprint density at radius 3 is 2.65 bits per heavy atom. The lowest BCUT2D eigenvalue weighted by atomic mass is 10.3. The lowest BCUT2D eigenvalue weighted by Gasteiger charge is -2.00. The van der Waals surface area contributed by atoms with Gasteiger partial charge in [0.1, 0.15) is 0 Å². The van der Waals surface area contributed by atoms with E-state index in [-0.39, 0.29) is 12.3 Å². The van der Waals surface area contributed by atoms with Gasteiger partial charge in [-0.1, -0.05) is 35.6 Å². The van der Waals surface area contributed by atoms with E-state index in [1.807, 2.05) is 54.1 Å². The summed E-state index contributed by atoms with van der Waals surface area (Å²) in [6.45, 7) is 0.426. The zero-order valence-corrected chi connectivity index (χ0v) is 15.0. The van der Waals surface area contributed by atoms with Crippen LogP contribution in [-0.4, -0.2) is 15.0 Å². The number of carbonyl (C=O) groups is 1. The predicted octanol–water partition coefficient (Wildman–Crippen LogP) is 3.06. The molecule has 0 atom stereocenters. The molecule has 0 aliphatic carbocycles. The maximum Gasteiger partial charge on any atom is 0.419 e. The summed E-state index contributed by atoms with van der Waals surface area (Å²) < 4.78 is 9.77. The summed E-state index contributed by atoms with van der Waals surface area (Å²) in [5.41, 5.74) is 2.36. The number of nitrogens with zero attached hydrogens (tertiary/aromatic N) is 3. The molecule has 0 unspecified atom stereocenters. The van der Waals surface area contributed by atoms with Crippen molar-refractivity contribution in [2.45, 2.75) is 19.4 Å². The first-order valence-corrected chi connectivity index (χ1v) is 9.15. The number of hydrogen-bond donors (Lipinski definition) is 0. The van der Waals surface area contributed by atoms with Gasteiger partial charge in [-0.3, -0.25) is 9.36 Å². The molecule has 7 heteroatoms. The Balaban J connectivity index is 1.49. The Bertz CT molecular complexity index is 1230. The summed E-state index contributed by atoms with van der Waals surface area (Å²) in [6.07, 6.45) is 0.806. The SMILES string of the molecule is Cn1c(=NC(=O)CCCn2c(=O)oc3ccccc32)sc2ccccc21. The second-order valence-corrected chi connectivity index (χ2v) is 7.02. The van der Waals surface area contributed by atoms with E-state index in [2.05, 4.69) is 4.99 Å². The van der Waals surface area contributed by atoms with Crippen LogP contribution in [0.3, 0.4) is 0 Å². The summed E-state index contributed by atoms with van der Waals surface area (Å²) in [7, 11) is 1.90. The first kappa shape index (κ1) is 16.5. The number of aryl methyl sites for hydroxylation is 2. The van der Waals surface area contributed by atoms with Crippen molar-refractivity contribution in [3.8, 4) is 0 Å². The van der Waals surface area contributed by atoms with E-state index in [9.17, 15) is 9.59 Å². The van der Waals surface area contributed by atoms with Crippen molar-refractivity contribution < 1.29 is 9.21 Å². The van der Waals surface area contributed by atoms with Crippen LogP contribution in [0, 0.1) is 0 Å². The maximum atomic E-state index is 12.2. The number of benzene rings is 2. The fourth-order valence-corrected chi connectivity index (χ4v) is 4.00. The molecular weight excluding hydrogens is 350 g/mol. The molecule has 4 rings (SSSR count). The van der Waals surface area contributed by atoms with Gasteiger partial charge in [-0.2, -0.15) is 4.99 Å². The van der Waals surface area contributed by atoms with Crippen molar-refractivity contribution in [1.29, 1.82) is 0 Å². The van der Waals surface area contributed by atoms with E-state index in [4.69, 9.17) is 4.42 Å². The summed E-state index contributed by atoms with van der Waals surface area (Å²) >= 11 is 1.49. The molecule has 2 aromatic carbocycles. The standard InChI is InChI=1S/C19H17N3O3S/c1-21-14-8-3-5-10-16(14)26-18(21)20-17(23)11-6-12-22-13-7-2-4-9-15(13)25-19(22)24/h2-5,7-10H,6,11-12H2,1H3. The first-order valence-electron chi connectivity index (χ1n) is 8.34. The van der Waals surface area contributed by atoms with E-state index in [1.54, 1.807) is 10.6 Å². The molecule has 2 heterocycles. The van der Waals surface area contributed by atoms with Crippen LogP contribution in [-0.2, 0) is 18.4 Å². The topological polar surface area (TPSA) is 69.5 Å². The Morgan fingerprint density at radius 2 is 1.85 bits per heavy atom. The predicted molar refractivity (Wildman–Crippen MR) is 101 cm³/mol. The van der Waals surface area contributed by atoms with Gasteiger partial charge >= 0.3 is 5.76 Å². The molecule has 26 heavy (non-hydrogen) atoms. The second kappa shape index (κ2) is 6.76. The molecule has 0 saturated heterocycles. The first-order chi connectivity index (χ1) is 12.6. The Morgan fingerprint density at radius 1 is 1.12 bits per heavy atom. The van der Waals surface area contributed by atoms with Gasteiger partial charge in [0, 0.05) is 20.0 Å². The van der Waals surface area contributed by atoms with Crippen molar-refractivity contribution in [3.63, 3.8) is 0 Å². The number of carbonyl (C=O) groups excluding carboxylic acids is 1. The summed E-state index contributed by atoms with van der Waals surface area (Å²) in [6, 6.07) is 15.2. The van der Waals surface area contributed by atoms with Gasteiger partial charge in [-0.25, -0.2) is 4.79 Å². The van der Waals surface area contributed by atoms with E-state index in [0.717, 1.165) is 15.7 Å². The number of amides is 1. The van der Waals surface area contributed by atoms with Crippen molar-refractivity contribution >= 4 is 38.6 Å². The highest BCUT2D eigenvalue weighted by atomic mass is 32.1. The maximum absolute atomic E-state index is 12.2. The number of oxazole rings is 1. The average Bonchev–Trinajstić information content (AvgIpc) is 3.12. The Kier molecular flexibility index (Phi) is 4.30.